The molecule has 1 aromatic carbocycles. The lowest BCUT2D eigenvalue weighted by Crippen LogP contribution is -1.75. The second kappa shape index (κ2) is 2.33. The second-order valence-corrected chi connectivity index (χ2v) is 4.44. The lowest BCUT2D eigenvalue weighted by molar-refractivity contribution is 1.14. The smallest absolute Gasteiger partial charge is 0.0342 e. The van der Waals surface area contributed by atoms with Crippen molar-refractivity contribution < 1.29 is 0 Å². The van der Waals surface area contributed by atoms with Crippen LogP contribution in [0.2, 0.25) is 0 Å². The molecule has 0 saturated heterocycles. The summed E-state index contributed by atoms with van der Waals surface area (Å²) in [6.07, 6.45) is 2.80. The van der Waals surface area contributed by atoms with E-state index in [2.05, 4.69) is 29.6 Å². The molecule has 1 aromatic heterocycles. The second-order valence-electron chi connectivity index (χ2n) is 3.49. The van der Waals surface area contributed by atoms with Gasteiger partial charge in [-0.05, 0) is 47.2 Å². The van der Waals surface area contributed by atoms with E-state index in [1.807, 2.05) is 11.3 Å². The zero-order valence-electron chi connectivity index (χ0n) is 6.79. The Bertz CT molecular complexity index is 410. The molecule has 1 fully saturated rings. The highest BCUT2D eigenvalue weighted by Gasteiger charge is 2.23. The predicted molar refractivity (Wildman–Crippen MR) is 53.8 cm³/mol. The normalized spacial score (nSPS) is 17.0. The van der Waals surface area contributed by atoms with Crippen molar-refractivity contribution in [2.75, 3.05) is 0 Å². The standard InChI is InChI=1S/C11H10S/c1-2-8(1)9-3-4-11-10(7-9)5-6-12-11/h3-8H,1-2H2. The van der Waals surface area contributed by atoms with Crippen LogP contribution in [0.5, 0.6) is 0 Å². The highest BCUT2D eigenvalue weighted by atomic mass is 32.1. The molecular formula is C11H10S. The van der Waals surface area contributed by atoms with E-state index in [4.69, 9.17) is 0 Å². The van der Waals surface area contributed by atoms with Gasteiger partial charge >= 0.3 is 0 Å². The lowest BCUT2D eigenvalue weighted by atomic mass is 10.1. The molecule has 0 atom stereocenters. The van der Waals surface area contributed by atoms with E-state index in [0.29, 0.717) is 0 Å². The minimum atomic E-state index is 0.884. The van der Waals surface area contributed by atoms with E-state index in [-0.39, 0.29) is 0 Å². The maximum Gasteiger partial charge on any atom is 0.0342 e. The maximum absolute atomic E-state index is 2.35. The third kappa shape index (κ3) is 0.969. The van der Waals surface area contributed by atoms with E-state index in [1.165, 1.54) is 22.9 Å². The Balaban J connectivity index is 2.21. The Morgan fingerprint density at radius 2 is 2.08 bits per heavy atom. The lowest BCUT2D eigenvalue weighted by Gasteiger charge is -1.96. The third-order valence-electron chi connectivity index (χ3n) is 2.53. The largest absolute Gasteiger partial charge is 0.144 e. The summed E-state index contributed by atoms with van der Waals surface area (Å²) in [4.78, 5) is 0. The van der Waals surface area contributed by atoms with Crippen LogP contribution in [0.25, 0.3) is 10.1 Å². The molecular weight excluding hydrogens is 164 g/mol. The highest BCUT2D eigenvalue weighted by molar-refractivity contribution is 7.17. The Hall–Kier alpha value is -0.820. The van der Waals surface area contributed by atoms with Crippen LogP contribution in [0.1, 0.15) is 24.3 Å². The summed E-state index contributed by atoms with van der Waals surface area (Å²) in [7, 11) is 0. The highest BCUT2D eigenvalue weighted by Crippen LogP contribution is 2.41. The molecule has 1 heteroatoms. The Labute approximate surface area is 75.8 Å². The summed E-state index contributed by atoms with van der Waals surface area (Å²) in [5, 5.41) is 3.59. The van der Waals surface area contributed by atoms with Gasteiger partial charge in [0.05, 0.1) is 0 Å². The zero-order valence-corrected chi connectivity index (χ0v) is 7.60. The van der Waals surface area contributed by atoms with E-state index in [1.54, 1.807) is 5.56 Å². The van der Waals surface area contributed by atoms with Crippen LogP contribution in [0, 0.1) is 0 Å². The van der Waals surface area contributed by atoms with Gasteiger partial charge in [-0.25, -0.2) is 0 Å². The molecule has 60 valence electrons. The first kappa shape index (κ1) is 6.67. The van der Waals surface area contributed by atoms with Gasteiger partial charge in [0.1, 0.15) is 0 Å². The molecule has 3 rings (SSSR count). The maximum atomic E-state index is 2.35. The molecule has 0 bridgehead atoms. The Morgan fingerprint density at radius 3 is 2.92 bits per heavy atom. The van der Waals surface area contributed by atoms with Gasteiger partial charge in [-0.3, -0.25) is 0 Å². The molecule has 12 heavy (non-hydrogen) atoms. The molecule has 1 saturated carbocycles. The van der Waals surface area contributed by atoms with Crippen LogP contribution in [0.15, 0.2) is 29.6 Å². The van der Waals surface area contributed by atoms with Gasteiger partial charge in [-0.1, -0.05) is 12.1 Å². The molecule has 0 spiro atoms. The number of fused-ring (bicyclic) bond motifs is 1. The van der Waals surface area contributed by atoms with Crippen LogP contribution in [0.4, 0.5) is 0 Å². The van der Waals surface area contributed by atoms with Crippen molar-refractivity contribution in [3.8, 4) is 0 Å². The topological polar surface area (TPSA) is 0 Å². The van der Waals surface area contributed by atoms with Gasteiger partial charge < -0.3 is 0 Å². The molecule has 0 aliphatic heterocycles. The van der Waals surface area contributed by atoms with Gasteiger partial charge in [-0.15, -0.1) is 11.3 Å². The molecule has 0 unspecified atom stereocenters. The molecule has 2 aromatic rings. The number of hydrogen-bond donors (Lipinski definition) is 0. The first-order chi connectivity index (χ1) is 5.93. The average molecular weight is 174 g/mol. The van der Waals surface area contributed by atoms with Crippen LogP contribution >= 0.6 is 11.3 Å². The third-order valence-corrected chi connectivity index (χ3v) is 3.42. The number of rotatable bonds is 1. The fraction of sp³-hybridized carbons (Fsp3) is 0.273. The van der Waals surface area contributed by atoms with Crippen LogP contribution in [-0.2, 0) is 0 Å². The van der Waals surface area contributed by atoms with E-state index >= 15 is 0 Å². The molecule has 0 radical (unpaired) electrons. The van der Waals surface area contributed by atoms with Gasteiger partial charge in [0.15, 0.2) is 0 Å². The molecule has 1 heterocycles. The van der Waals surface area contributed by atoms with E-state index < -0.39 is 0 Å². The summed E-state index contributed by atoms with van der Waals surface area (Å²) in [5.74, 6) is 0.884. The fourth-order valence-electron chi connectivity index (χ4n) is 1.66. The van der Waals surface area contributed by atoms with Crippen LogP contribution in [-0.4, -0.2) is 0 Å². The van der Waals surface area contributed by atoms with Gasteiger partial charge in [0, 0.05) is 4.70 Å². The number of hydrogen-bond acceptors (Lipinski definition) is 1. The Kier molecular flexibility index (Phi) is 1.30. The van der Waals surface area contributed by atoms with E-state index in [0.717, 1.165) is 5.92 Å². The SMILES string of the molecule is c1cc2cc(C3CC3)ccc2s1. The zero-order chi connectivity index (χ0) is 7.97. The molecule has 1 aliphatic rings. The van der Waals surface area contributed by atoms with Gasteiger partial charge in [0.2, 0.25) is 0 Å². The van der Waals surface area contributed by atoms with Crippen molar-refractivity contribution in [2.24, 2.45) is 0 Å². The van der Waals surface area contributed by atoms with Crippen molar-refractivity contribution in [3.05, 3.63) is 35.2 Å². The predicted octanol–water partition coefficient (Wildman–Crippen LogP) is 3.78. The van der Waals surface area contributed by atoms with Crippen molar-refractivity contribution in [1.29, 1.82) is 0 Å². The first-order valence-corrected chi connectivity index (χ1v) is 5.28. The monoisotopic (exact) mass is 174 g/mol. The molecule has 0 amide bonds. The van der Waals surface area contributed by atoms with Crippen LogP contribution in [0.3, 0.4) is 0 Å². The quantitative estimate of drug-likeness (QED) is 0.617. The summed E-state index contributed by atoms with van der Waals surface area (Å²) in [5.41, 5.74) is 1.54. The first-order valence-electron chi connectivity index (χ1n) is 4.41. The van der Waals surface area contributed by atoms with Gasteiger partial charge in [0.25, 0.3) is 0 Å². The molecule has 0 N–H and O–H groups in total. The van der Waals surface area contributed by atoms with Crippen LogP contribution < -0.4 is 0 Å². The molecule has 0 nitrogen and oxygen atoms in total. The van der Waals surface area contributed by atoms with Crippen molar-refractivity contribution in [1.82, 2.24) is 0 Å². The minimum Gasteiger partial charge on any atom is -0.144 e. The Morgan fingerprint density at radius 1 is 1.17 bits per heavy atom. The van der Waals surface area contributed by atoms with Gasteiger partial charge in [-0.2, -0.15) is 0 Å². The van der Waals surface area contributed by atoms with Crippen molar-refractivity contribution in [2.45, 2.75) is 18.8 Å². The van der Waals surface area contributed by atoms with Crippen molar-refractivity contribution >= 4 is 21.4 Å². The van der Waals surface area contributed by atoms with Crippen molar-refractivity contribution in [3.63, 3.8) is 0 Å². The minimum absolute atomic E-state index is 0.884. The summed E-state index contributed by atoms with van der Waals surface area (Å²) >= 11 is 1.83. The summed E-state index contributed by atoms with van der Waals surface area (Å²) < 4.78 is 1.42. The molecule has 1 aliphatic carbocycles. The summed E-state index contributed by atoms with van der Waals surface area (Å²) in [6, 6.07) is 9.11. The number of benzene rings is 1. The average Bonchev–Trinajstić information content (AvgIpc) is 2.84. The summed E-state index contributed by atoms with van der Waals surface area (Å²) in [6.45, 7) is 0. The van der Waals surface area contributed by atoms with E-state index in [9.17, 15) is 0 Å². The number of thiophene rings is 1. The fourth-order valence-corrected chi connectivity index (χ4v) is 2.43.